The van der Waals surface area contributed by atoms with Gasteiger partial charge in [0, 0.05) is 23.5 Å². The Kier molecular flexibility index (Phi) is 9.33. The van der Waals surface area contributed by atoms with Crippen LogP contribution in [0.25, 0.3) is 22.9 Å². The highest BCUT2D eigenvalue weighted by Gasteiger charge is 2.10. The van der Waals surface area contributed by atoms with Gasteiger partial charge in [-0.05, 0) is 62.4 Å². The van der Waals surface area contributed by atoms with E-state index in [-0.39, 0.29) is 0 Å². The summed E-state index contributed by atoms with van der Waals surface area (Å²) in [4.78, 5) is 17.3. The van der Waals surface area contributed by atoms with E-state index in [1.807, 2.05) is 98.8 Å². The highest BCUT2D eigenvalue weighted by atomic mass is 32.2. The molecule has 200 valence electrons. The average molecular weight is 567 g/mol. The quantitative estimate of drug-likeness (QED) is 0.172. The van der Waals surface area contributed by atoms with Crippen LogP contribution in [0.2, 0.25) is 0 Å². The van der Waals surface area contributed by atoms with E-state index in [4.69, 9.17) is 9.05 Å². The van der Waals surface area contributed by atoms with Crippen LogP contribution in [0.3, 0.4) is 0 Å². The first-order valence-electron chi connectivity index (χ1n) is 12.5. The number of benzene rings is 2. The van der Waals surface area contributed by atoms with Crippen LogP contribution in [0.15, 0.2) is 116 Å². The molecule has 0 atom stereocenters. The fourth-order valence-electron chi connectivity index (χ4n) is 3.56. The van der Waals surface area contributed by atoms with Gasteiger partial charge in [-0.1, -0.05) is 81.4 Å². The summed E-state index contributed by atoms with van der Waals surface area (Å²) in [6.07, 6.45) is 3.55. The summed E-state index contributed by atoms with van der Waals surface area (Å²) in [6, 6.07) is 27.7. The molecule has 0 N–H and O–H groups in total. The molecule has 0 saturated heterocycles. The lowest BCUT2D eigenvalue weighted by molar-refractivity contribution is 0.425. The SMILES string of the molecule is Cc1cccc(-c2nc(CSc3ccccn3)no2)c1.Cc1cccc(-c2nc(CSc3ccccn3)no2)c1. The topological polar surface area (TPSA) is 104 Å². The third-order valence-corrected chi connectivity index (χ3v) is 7.32. The Bertz CT molecular complexity index is 1520. The van der Waals surface area contributed by atoms with Gasteiger partial charge in [-0.2, -0.15) is 9.97 Å². The Hall–Kier alpha value is -4.28. The summed E-state index contributed by atoms with van der Waals surface area (Å²) in [5.41, 5.74) is 4.24. The first-order chi connectivity index (χ1) is 19.6. The molecule has 0 bridgehead atoms. The second-order valence-electron chi connectivity index (χ2n) is 8.68. The molecule has 0 unspecified atom stereocenters. The number of hydrogen-bond acceptors (Lipinski definition) is 10. The van der Waals surface area contributed by atoms with E-state index in [1.165, 1.54) is 11.1 Å². The van der Waals surface area contributed by atoms with Gasteiger partial charge in [-0.15, -0.1) is 0 Å². The molecule has 0 amide bonds. The third kappa shape index (κ3) is 7.87. The molecule has 4 aromatic heterocycles. The van der Waals surface area contributed by atoms with Crippen molar-refractivity contribution in [3.05, 3.63) is 120 Å². The van der Waals surface area contributed by atoms with E-state index in [9.17, 15) is 0 Å². The zero-order valence-corrected chi connectivity index (χ0v) is 23.6. The fourth-order valence-corrected chi connectivity index (χ4v) is 4.97. The van der Waals surface area contributed by atoms with Gasteiger partial charge in [0.15, 0.2) is 11.6 Å². The van der Waals surface area contributed by atoms with E-state index >= 15 is 0 Å². The van der Waals surface area contributed by atoms with Crippen LogP contribution >= 0.6 is 23.5 Å². The Morgan fingerprint density at radius 1 is 0.575 bits per heavy atom. The summed E-state index contributed by atoms with van der Waals surface area (Å²) in [5.74, 6) is 3.77. The molecule has 0 spiro atoms. The highest BCUT2D eigenvalue weighted by molar-refractivity contribution is 7.98. The molecule has 0 aliphatic heterocycles. The number of pyridine rings is 2. The molecule has 6 rings (SSSR count). The van der Waals surface area contributed by atoms with Crippen molar-refractivity contribution in [3.63, 3.8) is 0 Å². The molecule has 2 aromatic carbocycles. The first-order valence-corrected chi connectivity index (χ1v) is 14.5. The van der Waals surface area contributed by atoms with Crippen molar-refractivity contribution >= 4 is 23.5 Å². The van der Waals surface area contributed by atoms with Gasteiger partial charge in [-0.3, -0.25) is 0 Å². The van der Waals surface area contributed by atoms with Crippen LogP contribution < -0.4 is 0 Å². The average Bonchev–Trinajstić information content (AvgIpc) is 3.67. The van der Waals surface area contributed by atoms with E-state index in [0.717, 1.165) is 21.2 Å². The van der Waals surface area contributed by atoms with Gasteiger partial charge in [0.25, 0.3) is 11.8 Å². The van der Waals surface area contributed by atoms with E-state index < -0.39 is 0 Å². The van der Waals surface area contributed by atoms with Gasteiger partial charge in [-0.25, -0.2) is 9.97 Å². The predicted octanol–water partition coefficient (Wildman–Crippen LogP) is 7.46. The lowest BCUT2D eigenvalue weighted by Gasteiger charge is -1.96. The molecule has 8 nitrogen and oxygen atoms in total. The van der Waals surface area contributed by atoms with Crippen LogP contribution in [0.1, 0.15) is 22.8 Å². The van der Waals surface area contributed by atoms with Crippen molar-refractivity contribution in [1.29, 1.82) is 0 Å². The Labute approximate surface area is 240 Å². The zero-order chi connectivity index (χ0) is 27.6. The van der Waals surface area contributed by atoms with Gasteiger partial charge >= 0.3 is 0 Å². The minimum atomic E-state index is 0.560. The first kappa shape index (κ1) is 27.3. The number of thioether (sulfide) groups is 2. The van der Waals surface area contributed by atoms with E-state index in [2.05, 4.69) is 30.2 Å². The van der Waals surface area contributed by atoms with Gasteiger partial charge in [0.2, 0.25) is 0 Å². The summed E-state index contributed by atoms with van der Waals surface area (Å²) in [5, 5.41) is 9.91. The number of aryl methyl sites for hydroxylation is 2. The van der Waals surface area contributed by atoms with E-state index in [1.54, 1.807) is 35.9 Å². The van der Waals surface area contributed by atoms with Crippen molar-refractivity contribution in [2.75, 3.05) is 0 Å². The van der Waals surface area contributed by atoms with Crippen molar-refractivity contribution < 1.29 is 9.05 Å². The van der Waals surface area contributed by atoms with Gasteiger partial charge in [0.05, 0.1) is 21.6 Å². The van der Waals surface area contributed by atoms with Crippen LogP contribution in [0.4, 0.5) is 0 Å². The zero-order valence-electron chi connectivity index (χ0n) is 22.0. The molecule has 10 heteroatoms. The van der Waals surface area contributed by atoms with Crippen LogP contribution in [-0.4, -0.2) is 30.2 Å². The van der Waals surface area contributed by atoms with Gasteiger partial charge < -0.3 is 9.05 Å². The summed E-state index contributed by atoms with van der Waals surface area (Å²) < 4.78 is 10.6. The summed E-state index contributed by atoms with van der Waals surface area (Å²) in [6.45, 7) is 4.08. The normalized spacial score (nSPS) is 10.7. The molecule has 0 radical (unpaired) electrons. The van der Waals surface area contributed by atoms with Crippen LogP contribution in [0.5, 0.6) is 0 Å². The number of aromatic nitrogens is 6. The Morgan fingerprint density at radius 2 is 1.05 bits per heavy atom. The molecule has 0 aliphatic rings. The van der Waals surface area contributed by atoms with Crippen LogP contribution in [-0.2, 0) is 11.5 Å². The highest BCUT2D eigenvalue weighted by Crippen LogP contribution is 2.23. The molecular formula is C30H26N6O2S2. The molecule has 4 heterocycles. The maximum atomic E-state index is 5.30. The monoisotopic (exact) mass is 566 g/mol. The molecular weight excluding hydrogens is 541 g/mol. The lowest BCUT2D eigenvalue weighted by Crippen LogP contribution is -1.85. The molecule has 0 aliphatic carbocycles. The second-order valence-corrected chi connectivity index (χ2v) is 10.7. The Balaban J connectivity index is 0.000000161. The molecule has 0 saturated carbocycles. The van der Waals surface area contributed by atoms with Crippen molar-refractivity contribution in [1.82, 2.24) is 30.2 Å². The third-order valence-electron chi connectivity index (χ3n) is 5.44. The minimum Gasteiger partial charge on any atom is -0.334 e. The summed E-state index contributed by atoms with van der Waals surface area (Å²) >= 11 is 3.18. The predicted molar refractivity (Wildman–Crippen MR) is 157 cm³/mol. The fraction of sp³-hybridized carbons (Fsp3) is 0.133. The largest absolute Gasteiger partial charge is 0.334 e. The molecule has 0 fully saturated rings. The maximum absolute atomic E-state index is 5.30. The number of nitrogens with zero attached hydrogens (tertiary/aromatic N) is 6. The minimum absolute atomic E-state index is 0.560. The van der Waals surface area contributed by atoms with Crippen molar-refractivity contribution in [2.24, 2.45) is 0 Å². The van der Waals surface area contributed by atoms with Gasteiger partial charge in [0.1, 0.15) is 0 Å². The second kappa shape index (κ2) is 13.7. The number of rotatable bonds is 8. The van der Waals surface area contributed by atoms with E-state index in [0.29, 0.717) is 34.9 Å². The maximum Gasteiger partial charge on any atom is 0.257 e. The number of hydrogen-bond donors (Lipinski definition) is 0. The smallest absolute Gasteiger partial charge is 0.257 e. The summed E-state index contributed by atoms with van der Waals surface area (Å²) in [7, 11) is 0. The van der Waals surface area contributed by atoms with Crippen LogP contribution in [0, 0.1) is 13.8 Å². The van der Waals surface area contributed by atoms with Crippen molar-refractivity contribution in [3.8, 4) is 22.9 Å². The molecule has 40 heavy (non-hydrogen) atoms. The van der Waals surface area contributed by atoms with Crippen molar-refractivity contribution in [2.45, 2.75) is 35.4 Å². The lowest BCUT2D eigenvalue weighted by atomic mass is 10.1. The molecule has 6 aromatic rings. The standard InChI is InChI=1S/2C15H13N3OS/c2*1-11-5-4-6-12(9-11)15-17-13(18-19-15)10-20-14-7-2-3-8-16-14/h2*2-9H,10H2,1H3. The Morgan fingerprint density at radius 3 is 1.45 bits per heavy atom.